The van der Waals surface area contributed by atoms with Crippen LogP contribution in [0.25, 0.3) is 16.0 Å². The Morgan fingerprint density at radius 1 is 1.33 bits per heavy atom. The topological polar surface area (TPSA) is 17.3 Å². The number of alkyl halides is 1. The Kier molecular flexibility index (Phi) is 3.51. The first-order valence-corrected chi connectivity index (χ1v) is 6.70. The quantitative estimate of drug-likeness (QED) is 0.410. The number of imidazole rings is 1. The molecule has 0 radical (unpaired) electrons. The third kappa shape index (κ3) is 1.78. The lowest BCUT2D eigenvalue weighted by Gasteiger charge is -1.94. The second-order valence-electron chi connectivity index (χ2n) is 3.08. The van der Waals surface area contributed by atoms with Crippen molar-refractivity contribution in [3.05, 3.63) is 35.3 Å². The molecule has 0 amide bonds. The highest BCUT2D eigenvalue weighted by molar-refractivity contribution is 14.1. The standard InChI is InChI=1S/C10H7IN2S.HI/c11-5-7-6-14-10-12-8-3-1-2-4-9(8)13(7)10;/h1-4,6H,5H2;1H. The van der Waals surface area contributed by atoms with Crippen molar-refractivity contribution in [2.75, 3.05) is 0 Å². The van der Waals surface area contributed by atoms with Crippen LogP contribution in [0.15, 0.2) is 29.6 Å². The number of rotatable bonds is 1. The molecule has 3 rings (SSSR count). The van der Waals surface area contributed by atoms with Gasteiger partial charge in [-0.3, -0.25) is 4.40 Å². The van der Waals surface area contributed by atoms with Crippen molar-refractivity contribution in [2.45, 2.75) is 4.43 Å². The summed E-state index contributed by atoms with van der Waals surface area (Å²) >= 11 is 4.10. The number of fused-ring (bicyclic) bond motifs is 3. The van der Waals surface area contributed by atoms with Crippen LogP contribution in [-0.2, 0) is 4.43 Å². The van der Waals surface area contributed by atoms with E-state index in [1.807, 2.05) is 6.07 Å². The van der Waals surface area contributed by atoms with E-state index in [0.29, 0.717) is 0 Å². The summed E-state index contributed by atoms with van der Waals surface area (Å²) in [6.07, 6.45) is 0. The van der Waals surface area contributed by atoms with E-state index >= 15 is 0 Å². The van der Waals surface area contributed by atoms with Crippen LogP contribution in [0.2, 0.25) is 0 Å². The fourth-order valence-electron chi connectivity index (χ4n) is 1.63. The number of nitrogens with zero attached hydrogens (tertiary/aromatic N) is 2. The number of hydrogen-bond donors (Lipinski definition) is 0. The van der Waals surface area contributed by atoms with Gasteiger partial charge in [0.2, 0.25) is 0 Å². The summed E-state index contributed by atoms with van der Waals surface area (Å²) in [6.45, 7) is 0. The van der Waals surface area contributed by atoms with Gasteiger partial charge in [0.15, 0.2) is 4.96 Å². The number of hydrogen-bond acceptors (Lipinski definition) is 2. The Hall–Kier alpha value is 0.110. The molecule has 0 N–H and O–H groups in total. The van der Waals surface area contributed by atoms with E-state index in [1.165, 1.54) is 11.2 Å². The molecule has 0 spiro atoms. The summed E-state index contributed by atoms with van der Waals surface area (Å²) in [5.41, 5.74) is 3.64. The lowest BCUT2D eigenvalue weighted by molar-refractivity contribution is 1.16. The predicted molar refractivity (Wildman–Crippen MR) is 83.7 cm³/mol. The molecule has 0 aliphatic carbocycles. The van der Waals surface area contributed by atoms with Crippen LogP contribution in [0.5, 0.6) is 0 Å². The van der Waals surface area contributed by atoms with E-state index in [4.69, 9.17) is 0 Å². The first-order chi connectivity index (χ1) is 6.90. The molecule has 0 saturated carbocycles. The summed E-state index contributed by atoms with van der Waals surface area (Å²) in [5.74, 6) is 0. The van der Waals surface area contributed by atoms with E-state index in [2.05, 4.69) is 55.6 Å². The molecular weight excluding hydrogens is 434 g/mol. The predicted octanol–water partition coefficient (Wildman–Crippen LogP) is 4.10. The second kappa shape index (κ2) is 4.54. The molecular formula is C10H8I2N2S. The van der Waals surface area contributed by atoms with Gasteiger partial charge in [-0.1, -0.05) is 34.7 Å². The largest absolute Gasteiger partial charge is 0.286 e. The first-order valence-electron chi connectivity index (χ1n) is 4.29. The van der Waals surface area contributed by atoms with Crippen molar-refractivity contribution < 1.29 is 0 Å². The summed E-state index contributed by atoms with van der Waals surface area (Å²) < 4.78 is 3.27. The minimum atomic E-state index is 0. The zero-order valence-electron chi connectivity index (χ0n) is 7.68. The van der Waals surface area contributed by atoms with Gasteiger partial charge < -0.3 is 0 Å². The number of benzene rings is 1. The molecule has 0 saturated heterocycles. The molecule has 2 heterocycles. The van der Waals surface area contributed by atoms with Gasteiger partial charge in [0, 0.05) is 15.5 Å². The Bertz CT molecular complexity index is 600. The smallest absolute Gasteiger partial charge is 0.194 e. The van der Waals surface area contributed by atoms with Crippen LogP contribution in [0.1, 0.15) is 5.69 Å². The molecule has 0 atom stereocenters. The molecule has 78 valence electrons. The van der Waals surface area contributed by atoms with Gasteiger partial charge in [-0.2, -0.15) is 0 Å². The molecule has 5 heteroatoms. The van der Waals surface area contributed by atoms with Crippen molar-refractivity contribution >= 4 is 73.9 Å². The lowest BCUT2D eigenvalue weighted by Crippen LogP contribution is -1.85. The van der Waals surface area contributed by atoms with Crippen molar-refractivity contribution in [2.24, 2.45) is 0 Å². The maximum Gasteiger partial charge on any atom is 0.194 e. The second-order valence-corrected chi connectivity index (χ2v) is 4.68. The van der Waals surface area contributed by atoms with Gasteiger partial charge in [-0.05, 0) is 12.1 Å². The average molecular weight is 442 g/mol. The number of aromatic nitrogens is 2. The summed E-state index contributed by atoms with van der Waals surface area (Å²) in [6, 6.07) is 8.28. The van der Waals surface area contributed by atoms with Crippen molar-refractivity contribution in [3.63, 3.8) is 0 Å². The number of halogens is 2. The molecule has 2 nitrogen and oxygen atoms in total. The number of thiazole rings is 1. The monoisotopic (exact) mass is 442 g/mol. The molecule has 0 bridgehead atoms. The highest BCUT2D eigenvalue weighted by Crippen LogP contribution is 2.24. The molecule has 0 fully saturated rings. The molecule has 15 heavy (non-hydrogen) atoms. The van der Waals surface area contributed by atoms with Gasteiger partial charge in [0.05, 0.1) is 11.0 Å². The molecule has 2 aromatic heterocycles. The van der Waals surface area contributed by atoms with Crippen molar-refractivity contribution in [1.29, 1.82) is 0 Å². The molecule has 0 aliphatic heterocycles. The summed E-state index contributed by atoms with van der Waals surface area (Å²) in [7, 11) is 0. The number of para-hydroxylation sites is 2. The molecule has 1 aromatic carbocycles. The van der Waals surface area contributed by atoms with Gasteiger partial charge >= 0.3 is 0 Å². The summed E-state index contributed by atoms with van der Waals surface area (Å²) in [5, 5.41) is 2.18. The van der Waals surface area contributed by atoms with E-state index < -0.39 is 0 Å². The molecule has 0 aliphatic rings. The van der Waals surface area contributed by atoms with Gasteiger partial charge in [0.1, 0.15) is 0 Å². The van der Waals surface area contributed by atoms with Crippen LogP contribution in [0, 0.1) is 0 Å². The van der Waals surface area contributed by atoms with Crippen molar-refractivity contribution in [1.82, 2.24) is 9.38 Å². The van der Waals surface area contributed by atoms with Crippen molar-refractivity contribution in [3.8, 4) is 0 Å². The Morgan fingerprint density at radius 2 is 2.13 bits per heavy atom. The third-order valence-corrected chi connectivity index (χ3v) is 3.91. The van der Waals surface area contributed by atoms with Gasteiger partial charge in [-0.15, -0.1) is 35.3 Å². The maximum atomic E-state index is 4.56. The van der Waals surface area contributed by atoms with E-state index in [-0.39, 0.29) is 24.0 Å². The first kappa shape index (κ1) is 11.6. The normalized spacial score (nSPS) is 10.7. The lowest BCUT2D eigenvalue weighted by atomic mass is 10.3. The third-order valence-electron chi connectivity index (χ3n) is 2.25. The fraction of sp³-hybridized carbons (Fsp3) is 0.100. The molecule has 3 aromatic rings. The van der Waals surface area contributed by atoms with E-state index in [1.54, 1.807) is 11.3 Å². The van der Waals surface area contributed by atoms with Crippen LogP contribution >= 0.6 is 57.9 Å². The van der Waals surface area contributed by atoms with Crippen LogP contribution in [0.4, 0.5) is 0 Å². The van der Waals surface area contributed by atoms with Crippen LogP contribution in [-0.4, -0.2) is 9.38 Å². The molecule has 0 unspecified atom stereocenters. The van der Waals surface area contributed by atoms with Gasteiger partial charge in [-0.25, -0.2) is 4.98 Å². The highest BCUT2D eigenvalue weighted by Gasteiger charge is 2.08. The Morgan fingerprint density at radius 3 is 2.93 bits per heavy atom. The van der Waals surface area contributed by atoms with Crippen LogP contribution < -0.4 is 0 Å². The minimum Gasteiger partial charge on any atom is -0.286 e. The Labute approximate surface area is 122 Å². The van der Waals surface area contributed by atoms with Crippen LogP contribution in [0.3, 0.4) is 0 Å². The van der Waals surface area contributed by atoms with E-state index in [9.17, 15) is 0 Å². The van der Waals surface area contributed by atoms with E-state index in [0.717, 1.165) is 14.9 Å². The summed E-state index contributed by atoms with van der Waals surface area (Å²) in [4.78, 5) is 5.66. The average Bonchev–Trinajstić information content (AvgIpc) is 2.75. The highest BCUT2D eigenvalue weighted by atomic mass is 127. The Balaban J connectivity index is 0.000000853. The SMILES string of the molecule is I.ICc1csc2nc3ccccc3n12. The zero-order chi connectivity index (χ0) is 9.54. The zero-order valence-corrected chi connectivity index (χ0v) is 13.0. The fourth-order valence-corrected chi connectivity index (χ4v) is 3.39. The van der Waals surface area contributed by atoms with Gasteiger partial charge in [0.25, 0.3) is 0 Å². The minimum absolute atomic E-state index is 0. The maximum absolute atomic E-state index is 4.56.